The van der Waals surface area contributed by atoms with Crippen molar-refractivity contribution >= 4 is 11.8 Å². The van der Waals surface area contributed by atoms with Gasteiger partial charge >= 0.3 is 12.3 Å². The van der Waals surface area contributed by atoms with E-state index in [0.717, 1.165) is 6.07 Å². The second-order valence-electron chi connectivity index (χ2n) is 3.15. The zero-order chi connectivity index (χ0) is 14.6. The van der Waals surface area contributed by atoms with Crippen molar-refractivity contribution in [1.82, 2.24) is 4.98 Å². The molecular formula is C10H8F3N3O3. The number of alkyl halides is 3. The second kappa shape index (κ2) is 5.43. The van der Waals surface area contributed by atoms with Crippen LogP contribution in [-0.4, -0.2) is 23.9 Å². The lowest BCUT2D eigenvalue weighted by Gasteiger charge is -2.11. The highest BCUT2D eigenvalue weighted by atomic mass is 19.4. The van der Waals surface area contributed by atoms with Crippen LogP contribution in [0.3, 0.4) is 0 Å². The van der Waals surface area contributed by atoms with E-state index >= 15 is 0 Å². The molecule has 1 aromatic rings. The van der Waals surface area contributed by atoms with Gasteiger partial charge in [-0.3, -0.25) is 0 Å². The number of ether oxygens (including phenoxy) is 2. The number of hydrogen-bond acceptors (Lipinski definition) is 6. The molecule has 1 rings (SSSR count). The molecular weight excluding hydrogens is 267 g/mol. The van der Waals surface area contributed by atoms with Crippen molar-refractivity contribution in [3.05, 3.63) is 17.2 Å². The van der Waals surface area contributed by atoms with Crippen LogP contribution in [0, 0.1) is 11.3 Å². The molecule has 9 heteroatoms. The molecule has 6 nitrogen and oxygen atoms in total. The van der Waals surface area contributed by atoms with Crippen LogP contribution in [0.4, 0.5) is 19.0 Å². The van der Waals surface area contributed by atoms with Crippen LogP contribution >= 0.6 is 0 Å². The van der Waals surface area contributed by atoms with Gasteiger partial charge in [-0.15, -0.1) is 13.2 Å². The first-order valence-electron chi connectivity index (χ1n) is 4.92. The second-order valence-corrected chi connectivity index (χ2v) is 3.15. The maximum absolute atomic E-state index is 12.1. The molecule has 102 valence electrons. The number of carbonyl (C=O) groups is 1. The van der Waals surface area contributed by atoms with Gasteiger partial charge < -0.3 is 15.2 Å². The first-order chi connectivity index (χ1) is 8.78. The van der Waals surface area contributed by atoms with Crippen molar-refractivity contribution < 1.29 is 27.4 Å². The summed E-state index contributed by atoms with van der Waals surface area (Å²) in [4.78, 5) is 14.7. The summed E-state index contributed by atoms with van der Waals surface area (Å²) in [6, 6.07) is 2.27. The minimum Gasteiger partial charge on any atom is -0.462 e. The minimum atomic E-state index is -5.02. The molecule has 0 amide bonds. The van der Waals surface area contributed by atoms with Crippen LogP contribution in [0.5, 0.6) is 5.88 Å². The summed E-state index contributed by atoms with van der Waals surface area (Å²) in [7, 11) is 0. The minimum absolute atomic E-state index is 0.0426. The van der Waals surface area contributed by atoms with Gasteiger partial charge in [-0.25, -0.2) is 4.79 Å². The Hall–Kier alpha value is -2.50. The van der Waals surface area contributed by atoms with Crippen LogP contribution in [0.25, 0.3) is 0 Å². The number of nitrogens with zero attached hydrogens (tertiary/aromatic N) is 2. The fourth-order valence-electron chi connectivity index (χ4n) is 1.15. The van der Waals surface area contributed by atoms with Crippen LogP contribution in [0.1, 0.15) is 22.8 Å². The number of rotatable bonds is 3. The smallest absolute Gasteiger partial charge is 0.462 e. The van der Waals surface area contributed by atoms with Gasteiger partial charge in [-0.05, 0) is 13.0 Å². The Labute approximate surface area is 105 Å². The molecule has 19 heavy (non-hydrogen) atoms. The van der Waals surface area contributed by atoms with Crippen molar-refractivity contribution in [3.8, 4) is 11.9 Å². The lowest BCUT2D eigenvalue weighted by molar-refractivity contribution is -0.276. The molecule has 0 saturated carbocycles. The molecule has 0 bridgehead atoms. The Kier molecular flexibility index (Phi) is 4.16. The number of anilines is 1. The Balaban J connectivity index is 3.22. The third kappa shape index (κ3) is 3.74. The number of pyridine rings is 1. The molecule has 0 aromatic carbocycles. The topological polar surface area (TPSA) is 98.2 Å². The molecule has 0 atom stereocenters. The van der Waals surface area contributed by atoms with Gasteiger partial charge in [0.05, 0.1) is 6.61 Å². The summed E-state index contributed by atoms with van der Waals surface area (Å²) in [5.41, 5.74) is 4.45. The zero-order valence-corrected chi connectivity index (χ0v) is 9.61. The van der Waals surface area contributed by atoms with Crippen LogP contribution in [0.2, 0.25) is 0 Å². The normalized spacial score (nSPS) is 10.7. The third-order valence-electron chi connectivity index (χ3n) is 1.85. The molecule has 1 aromatic heterocycles. The van der Waals surface area contributed by atoms with Crippen molar-refractivity contribution in [2.45, 2.75) is 13.3 Å². The summed E-state index contributed by atoms with van der Waals surface area (Å²) in [5.74, 6) is -2.42. The van der Waals surface area contributed by atoms with Crippen LogP contribution < -0.4 is 10.5 Å². The number of hydrogen-bond donors (Lipinski definition) is 1. The first-order valence-corrected chi connectivity index (χ1v) is 4.92. The van der Waals surface area contributed by atoms with Crippen LogP contribution in [0.15, 0.2) is 6.07 Å². The number of nitrogen functional groups attached to an aromatic ring is 1. The van der Waals surface area contributed by atoms with E-state index in [1.165, 1.54) is 13.0 Å². The summed E-state index contributed by atoms with van der Waals surface area (Å²) in [6.45, 7) is 1.58. The number of nitriles is 1. The monoisotopic (exact) mass is 275 g/mol. The standard InChI is InChI=1S/C10H8F3N3O3/c1-2-18-9(17)6-3-5(4-14)8(16-7(6)15)19-10(11,12)13/h3H,2H2,1H3,(H2,15,16). The Morgan fingerprint density at radius 2 is 2.21 bits per heavy atom. The van der Waals surface area contributed by atoms with Crippen molar-refractivity contribution in [2.24, 2.45) is 0 Å². The average molecular weight is 275 g/mol. The summed E-state index contributed by atoms with van der Waals surface area (Å²) < 4.78 is 44.3. The van der Waals surface area contributed by atoms with Gasteiger partial charge in [0.25, 0.3) is 0 Å². The fourth-order valence-corrected chi connectivity index (χ4v) is 1.15. The van der Waals surface area contributed by atoms with E-state index in [4.69, 9.17) is 11.0 Å². The molecule has 0 aliphatic heterocycles. The largest absolute Gasteiger partial charge is 0.574 e. The number of carbonyl (C=O) groups excluding carboxylic acids is 1. The maximum atomic E-state index is 12.1. The van der Waals surface area contributed by atoms with E-state index in [1.54, 1.807) is 0 Å². The Bertz CT molecular complexity index is 537. The zero-order valence-electron chi connectivity index (χ0n) is 9.61. The van der Waals surface area contributed by atoms with E-state index in [-0.39, 0.29) is 12.2 Å². The van der Waals surface area contributed by atoms with Gasteiger partial charge in [0.2, 0.25) is 5.88 Å². The lowest BCUT2D eigenvalue weighted by Crippen LogP contribution is -2.20. The van der Waals surface area contributed by atoms with E-state index in [0.29, 0.717) is 0 Å². The van der Waals surface area contributed by atoms with Gasteiger partial charge in [0, 0.05) is 0 Å². The molecule has 0 aliphatic rings. The highest BCUT2D eigenvalue weighted by Crippen LogP contribution is 2.27. The average Bonchev–Trinajstić information content (AvgIpc) is 2.27. The van der Waals surface area contributed by atoms with Crippen molar-refractivity contribution in [1.29, 1.82) is 5.26 Å². The van der Waals surface area contributed by atoms with Crippen molar-refractivity contribution in [3.63, 3.8) is 0 Å². The molecule has 0 saturated heterocycles. The molecule has 0 aliphatic carbocycles. The highest BCUT2D eigenvalue weighted by molar-refractivity contribution is 5.94. The third-order valence-corrected chi connectivity index (χ3v) is 1.85. The van der Waals surface area contributed by atoms with Gasteiger partial charge in [-0.2, -0.15) is 10.2 Å². The summed E-state index contributed by atoms with van der Waals surface area (Å²) >= 11 is 0. The molecule has 0 unspecified atom stereocenters. The van der Waals surface area contributed by atoms with E-state index in [2.05, 4.69) is 14.5 Å². The molecule has 0 fully saturated rings. The van der Waals surface area contributed by atoms with Gasteiger partial charge in [0.1, 0.15) is 23.0 Å². The number of aromatic nitrogens is 1. The summed E-state index contributed by atoms with van der Waals surface area (Å²) in [6.07, 6.45) is -5.02. The molecule has 2 N–H and O–H groups in total. The predicted octanol–water partition coefficient (Wildman–Crippen LogP) is 1.61. The number of esters is 1. The fraction of sp³-hybridized carbons (Fsp3) is 0.300. The lowest BCUT2D eigenvalue weighted by atomic mass is 10.2. The van der Waals surface area contributed by atoms with Gasteiger partial charge in [-0.1, -0.05) is 0 Å². The van der Waals surface area contributed by atoms with Crippen molar-refractivity contribution in [2.75, 3.05) is 12.3 Å². The SMILES string of the molecule is CCOC(=O)c1cc(C#N)c(OC(F)(F)F)nc1N. The maximum Gasteiger partial charge on any atom is 0.574 e. The van der Waals surface area contributed by atoms with E-state index < -0.39 is 29.6 Å². The number of nitrogens with two attached hydrogens (primary N) is 1. The molecule has 0 spiro atoms. The summed E-state index contributed by atoms with van der Waals surface area (Å²) in [5, 5.41) is 8.71. The quantitative estimate of drug-likeness (QED) is 0.841. The molecule has 1 heterocycles. The van der Waals surface area contributed by atoms with Crippen LogP contribution in [-0.2, 0) is 4.74 Å². The first kappa shape index (κ1) is 14.6. The predicted molar refractivity (Wildman–Crippen MR) is 56.0 cm³/mol. The number of halogens is 3. The Morgan fingerprint density at radius 3 is 2.68 bits per heavy atom. The van der Waals surface area contributed by atoms with E-state index in [9.17, 15) is 18.0 Å². The van der Waals surface area contributed by atoms with Gasteiger partial charge in [0.15, 0.2) is 0 Å². The molecule has 0 radical (unpaired) electrons. The highest BCUT2D eigenvalue weighted by Gasteiger charge is 2.33. The Morgan fingerprint density at radius 1 is 1.58 bits per heavy atom. The van der Waals surface area contributed by atoms with E-state index in [1.807, 2.05) is 0 Å².